The number of carbonyl (C=O) groups is 2. The lowest BCUT2D eigenvalue weighted by atomic mass is 10.1. The zero-order valence-electron chi connectivity index (χ0n) is 13.5. The van der Waals surface area contributed by atoms with Crippen molar-refractivity contribution in [1.82, 2.24) is 0 Å². The molecule has 0 aliphatic heterocycles. The second-order valence-electron chi connectivity index (χ2n) is 5.39. The van der Waals surface area contributed by atoms with Crippen LogP contribution in [-0.4, -0.2) is 11.8 Å². The zero-order chi connectivity index (χ0) is 17.5. The number of hydrogen-bond acceptors (Lipinski definition) is 3. The Morgan fingerprint density at radius 2 is 1.36 bits per heavy atom. The Bertz CT molecular complexity index is 897. The summed E-state index contributed by atoms with van der Waals surface area (Å²) in [5.74, 6) is -0.0578. The van der Waals surface area contributed by atoms with Gasteiger partial charge in [0.2, 0.25) is 0 Å². The van der Waals surface area contributed by atoms with Crippen LogP contribution in [0, 0.1) is 0 Å². The Hall–Kier alpha value is -3.46. The van der Waals surface area contributed by atoms with Gasteiger partial charge in [-0.25, -0.2) is 4.79 Å². The molecule has 0 N–H and O–H groups in total. The summed E-state index contributed by atoms with van der Waals surface area (Å²) in [4.78, 5) is 24.2. The van der Waals surface area contributed by atoms with E-state index in [9.17, 15) is 9.59 Å². The van der Waals surface area contributed by atoms with Gasteiger partial charge in [-0.05, 0) is 35.9 Å². The van der Waals surface area contributed by atoms with Crippen molar-refractivity contribution in [1.29, 1.82) is 0 Å². The highest BCUT2D eigenvalue weighted by atomic mass is 16.5. The first-order valence-corrected chi connectivity index (χ1v) is 7.87. The molecule has 3 nitrogen and oxygen atoms in total. The lowest BCUT2D eigenvalue weighted by molar-refractivity contribution is 0.0734. The molecule has 0 aliphatic rings. The van der Waals surface area contributed by atoms with Gasteiger partial charge in [0.25, 0.3) is 0 Å². The van der Waals surface area contributed by atoms with Crippen molar-refractivity contribution in [2.24, 2.45) is 0 Å². The minimum atomic E-state index is -0.415. The predicted molar refractivity (Wildman–Crippen MR) is 97.6 cm³/mol. The summed E-state index contributed by atoms with van der Waals surface area (Å²) in [5.41, 5.74) is 1.90. The van der Waals surface area contributed by atoms with E-state index < -0.39 is 5.97 Å². The molecule has 122 valence electrons. The Morgan fingerprint density at radius 3 is 2.04 bits per heavy atom. The highest BCUT2D eigenvalue weighted by molar-refractivity contribution is 6.06. The largest absolute Gasteiger partial charge is 0.423 e. The van der Waals surface area contributed by atoms with Gasteiger partial charge in [0, 0.05) is 5.56 Å². The van der Waals surface area contributed by atoms with Gasteiger partial charge >= 0.3 is 5.97 Å². The van der Waals surface area contributed by atoms with Crippen LogP contribution in [0.2, 0.25) is 0 Å². The van der Waals surface area contributed by atoms with Crippen molar-refractivity contribution >= 4 is 17.8 Å². The molecule has 0 amide bonds. The third kappa shape index (κ3) is 4.52. The molecule has 3 aromatic rings. The molecule has 0 saturated carbocycles. The van der Waals surface area contributed by atoms with Gasteiger partial charge in [-0.2, -0.15) is 0 Å². The molecule has 0 spiro atoms. The van der Waals surface area contributed by atoms with Gasteiger partial charge in [0.1, 0.15) is 5.75 Å². The minimum Gasteiger partial charge on any atom is -0.423 e. The fraction of sp³-hybridized carbons (Fsp3) is 0. The summed E-state index contributed by atoms with van der Waals surface area (Å²) < 4.78 is 5.37. The second-order valence-corrected chi connectivity index (χ2v) is 5.39. The lowest BCUT2D eigenvalue weighted by Gasteiger charge is -2.05. The van der Waals surface area contributed by atoms with Gasteiger partial charge in [-0.15, -0.1) is 0 Å². The fourth-order valence-corrected chi connectivity index (χ4v) is 2.29. The van der Waals surface area contributed by atoms with Gasteiger partial charge in [0.15, 0.2) is 5.78 Å². The Balaban J connectivity index is 1.70. The molecule has 0 saturated heterocycles. The van der Waals surface area contributed by atoms with Crippen molar-refractivity contribution in [2.45, 2.75) is 0 Å². The van der Waals surface area contributed by atoms with Crippen LogP contribution in [0.15, 0.2) is 91.0 Å². The first-order valence-electron chi connectivity index (χ1n) is 7.87. The first kappa shape index (κ1) is 16.4. The van der Waals surface area contributed by atoms with Crippen LogP contribution >= 0.6 is 0 Å². The maximum Gasteiger partial charge on any atom is 0.343 e. The van der Waals surface area contributed by atoms with Crippen molar-refractivity contribution in [3.8, 4) is 5.75 Å². The third-order valence-electron chi connectivity index (χ3n) is 3.56. The smallest absolute Gasteiger partial charge is 0.343 e. The van der Waals surface area contributed by atoms with Crippen molar-refractivity contribution in [3.63, 3.8) is 0 Å². The molecule has 0 fully saturated rings. The van der Waals surface area contributed by atoms with Crippen LogP contribution in [0.1, 0.15) is 26.3 Å². The summed E-state index contributed by atoms with van der Waals surface area (Å²) in [6, 6.07) is 24.9. The van der Waals surface area contributed by atoms with E-state index in [4.69, 9.17) is 4.74 Å². The van der Waals surface area contributed by atoms with E-state index in [-0.39, 0.29) is 5.78 Å². The third-order valence-corrected chi connectivity index (χ3v) is 3.56. The van der Waals surface area contributed by atoms with Crippen LogP contribution in [-0.2, 0) is 0 Å². The monoisotopic (exact) mass is 328 g/mol. The normalized spacial score (nSPS) is 10.6. The number of ether oxygens (including phenoxy) is 1. The Labute approximate surface area is 146 Å². The fourth-order valence-electron chi connectivity index (χ4n) is 2.29. The first-order chi connectivity index (χ1) is 12.2. The van der Waals surface area contributed by atoms with E-state index >= 15 is 0 Å². The summed E-state index contributed by atoms with van der Waals surface area (Å²) >= 11 is 0. The highest BCUT2D eigenvalue weighted by Gasteiger charge is 2.07. The SMILES string of the molecule is O=C(C=Cc1cccc(OC(=O)c2ccccc2)c1)c1ccccc1. The second kappa shape index (κ2) is 7.88. The van der Waals surface area contributed by atoms with Gasteiger partial charge in [0.05, 0.1) is 5.56 Å². The maximum atomic E-state index is 12.1. The number of ketones is 1. The number of rotatable bonds is 5. The standard InChI is InChI=1S/C22H16O3/c23-21(18-9-3-1-4-10-18)15-14-17-8-7-13-20(16-17)25-22(24)19-11-5-2-6-12-19/h1-16H. The summed E-state index contributed by atoms with van der Waals surface area (Å²) in [7, 11) is 0. The van der Waals surface area contributed by atoms with Crippen LogP contribution in [0.4, 0.5) is 0 Å². The molecule has 0 atom stereocenters. The molecule has 0 aliphatic carbocycles. The van der Waals surface area contributed by atoms with Crippen molar-refractivity contribution < 1.29 is 14.3 Å². The number of hydrogen-bond donors (Lipinski definition) is 0. The number of benzene rings is 3. The number of carbonyl (C=O) groups excluding carboxylic acids is 2. The molecule has 3 heteroatoms. The summed E-state index contributed by atoms with van der Waals surface area (Å²) in [6.45, 7) is 0. The molecule has 0 bridgehead atoms. The van der Waals surface area contributed by atoms with Gasteiger partial charge < -0.3 is 4.74 Å². The Kier molecular flexibility index (Phi) is 5.17. The molecule has 0 aromatic heterocycles. The molecule has 0 radical (unpaired) electrons. The van der Waals surface area contributed by atoms with Gasteiger partial charge in [-0.1, -0.05) is 66.7 Å². The molecular weight excluding hydrogens is 312 g/mol. The van der Waals surface area contributed by atoms with Crippen LogP contribution < -0.4 is 4.74 Å². The average molecular weight is 328 g/mol. The summed E-state index contributed by atoms with van der Waals surface area (Å²) in [5, 5.41) is 0. The molecule has 3 aromatic carbocycles. The quantitative estimate of drug-likeness (QED) is 0.292. The number of allylic oxidation sites excluding steroid dienone is 1. The topological polar surface area (TPSA) is 43.4 Å². The van der Waals surface area contributed by atoms with Crippen LogP contribution in [0.25, 0.3) is 6.08 Å². The van der Waals surface area contributed by atoms with E-state index in [0.29, 0.717) is 16.9 Å². The van der Waals surface area contributed by atoms with E-state index in [2.05, 4.69) is 0 Å². The minimum absolute atomic E-state index is 0.0766. The molecule has 25 heavy (non-hydrogen) atoms. The molecule has 0 unspecified atom stereocenters. The highest BCUT2D eigenvalue weighted by Crippen LogP contribution is 2.16. The Morgan fingerprint density at radius 1 is 0.720 bits per heavy atom. The molecule has 0 heterocycles. The van der Waals surface area contributed by atoms with Crippen molar-refractivity contribution in [3.05, 3.63) is 108 Å². The maximum absolute atomic E-state index is 12.1. The van der Waals surface area contributed by atoms with E-state index in [0.717, 1.165) is 5.56 Å². The van der Waals surface area contributed by atoms with E-state index in [1.807, 2.05) is 30.3 Å². The van der Waals surface area contributed by atoms with Crippen LogP contribution in [0.5, 0.6) is 5.75 Å². The van der Waals surface area contributed by atoms with E-state index in [1.54, 1.807) is 60.7 Å². The van der Waals surface area contributed by atoms with E-state index in [1.165, 1.54) is 6.08 Å². The lowest BCUT2D eigenvalue weighted by Crippen LogP contribution is -2.08. The van der Waals surface area contributed by atoms with Gasteiger partial charge in [-0.3, -0.25) is 4.79 Å². The molecule has 3 rings (SSSR count). The molecular formula is C22H16O3. The predicted octanol–water partition coefficient (Wildman–Crippen LogP) is 4.80. The number of esters is 1. The van der Waals surface area contributed by atoms with Crippen LogP contribution in [0.3, 0.4) is 0 Å². The van der Waals surface area contributed by atoms with Crippen molar-refractivity contribution in [2.75, 3.05) is 0 Å². The zero-order valence-corrected chi connectivity index (χ0v) is 13.5. The summed E-state index contributed by atoms with van der Waals surface area (Å²) in [6.07, 6.45) is 3.21. The average Bonchev–Trinajstić information content (AvgIpc) is 2.68.